The molecule has 3 nitrogen and oxygen atoms in total. The molecule has 0 spiro atoms. The van der Waals surface area contributed by atoms with E-state index in [1.54, 1.807) is 0 Å². The van der Waals surface area contributed by atoms with Gasteiger partial charge in [0.2, 0.25) is 0 Å². The lowest BCUT2D eigenvalue weighted by Crippen LogP contribution is -2.25. The van der Waals surface area contributed by atoms with Gasteiger partial charge in [-0.05, 0) is 11.6 Å². The van der Waals surface area contributed by atoms with Crippen LogP contribution >= 0.6 is 0 Å². The van der Waals surface area contributed by atoms with Crippen LogP contribution in [0.25, 0.3) is 0 Å². The summed E-state index contributed by atoms with van der Waals surface area (Å²) in [5.41, 5.74) is 9.04. The van der Waals surface area contributed by atoms with E-state index in [4.69, 9.17) is 5.73 Å². The summed E-state index contributed by atoms with van der Waals surface area (Å²) in [4.78, 5) is 4.47. The second-order valence-electron chi connectivity index (χ2n) is 3.04. The number of nitrogens with zero attached hydrogens (tertiary/aromatic N) is 1. The van der Waals surface area contributed by atoms with Crippen molar-refractivity contribution in [3.05, 3.63) is 29.1 Å². The summed E-state index contributed by atoms with van der Waals surface area (Å²) < 4.78 is 0. The van der Waals surface area contributed by atoms with Crippen LogP contribution in [0.2, 0.25) is 0 Å². The maximum atomic E-state index is 5.50. The molecule has 1 aliphatic rings. The summed E-state index contributed by atoms with van der Waals surface area (Å²) in [6.07, 6.45) is 1.03. The monoisotopic (exact) mass is 163 g/mol. The molecule has 1 aromatic heterocycles. The lowest BCUT2D eigenvalue weighted by atomic mass is 10.1. The number of nitrogens with two attached hydrogens (primary N) is 1. The van der Waals surface area contributed by atoms with Crippen LogP contribution in [0.1, 0.15) is 17.0 Å². The van der Waals surface area contributed by atoms with E-state index in [9.17, 15) is 0 Å². The first-order valence-electron chi connectivity index (χ1n) is 4.28. The summed E-state index contributed by atoms with van der Waals surface area (Å²) >= 11 is 0. The van der Waals surface area contributed by atoms with Gasteiger partial charge in [0.25, 0.3) is 0 Å². The smallest absolute Gasteiger partial charge is 0.0543 e. The minimum absolute atomic E-state index is 0.542. The molecule has 0 amide bonds. The van der Waals surface area contributed by atoms with Crippen molar-refractivity contribution in [3.8, 4) is 0 Å². The van der Waals surface area contributed by atoms with E-state index < -0.39 is 0 Å². The summed E-state index contributed by atoms with van der Waals surface area (Å²) in [5, 5.41) is 3.31. The summed E-state index contributed by atoms with van der Waals surface area (Å²) in [5.74, 6) is 0. The van der Waals surface area contributed by atoms with Gasteiger partial charge in [-0.15, -0.1) is 0 Å². The Kier molecular flexibility index (Phi) is 2.06. The molecule has 0 aromatic carbocycles. The number of pyridine rings is 1. The highest BCUT2D eigenvalue weighted by molar-refractivity contribution is 5.25. The zero-order valence-corrected chi connectivity index (χ0v) is 7.01. The molecule has 64 valence electrons. The molecule has 3 heteroatoms. The summed E-state index contributed by atoms with van der Waals surface area (Å²) in [6, 6.07) is 4.13. The van der Waals surface area contributed by atoms with Crippen LogP contribution in [0.4, 0.5) is 0 Å². The van der Waals surface area contributed by atoms with Crippen LogP contribution in [0.3, 0.4) is 0 Å². The molecule has 3 N–H and O–H groups in total. The van der Waals surface area contributed by atoms with Crippen molar-refractivity contribution in [2.45, 2.75) is 19.5 Å². The van der Waals surface area contributed by atoms with E-state index in [0.717, 1.165) is 25.2 Å². The molecule has 0 aliphatic carbocycles. The van der Waals surface area contributed by atoms with Crippen molar-refractivity contribution in [2.24, 2.45) is 5.73 Å². The van der Waals surface area contributed by atoms with E-state index in [0.29, 0.717) is 6.54 Å². The normalized spacial score (nSPS) is 15.8. The van der Waals surface area contributed by atoms with Gasteiger partial charge in [-0.1, -0.05) is 6.07 Å². The van der Waals surface area contributed by atoms with Crippen LogP contribution in [-0.2, 0) is 19.5 Å². The molecule has 0 unspecified atom stereocenters. The molecule has 2 rings (SSSR count). The maximum Gasteiger partial charge on any atom is 0.0543 e. The van der Waals surface area contributed by atoms with Gasteiger partial charge in [0.05, 0.1) is 5.69 Å². The number of rotatable bonds is 1. The second kappa shape index (κ2) is 3.21. The molecule has 2 heterocycles. The second-order valence-corrected chi connectivity index (χ2v) is 3.04. The van der Waals surface area contributed by atoms with Crippen LogP contribution < -0.4 is 11.1 Å². The predicted molar refractivity (Wildman–Crippen MR) is 47.5 cm³/mol. The first kappa shape index (κ1) is 7.71. The fourth-order valence-corrected chi connectivity index (χ4v) is 1.50. The zero-order chi connectivity index (χ0) is 8.39. The Bertz CT molecular complexity index is 283. The average Bonchev–Trinajstić information content (AvgIpc) is 2.17. The van der Waals surface area contributed by atoms with E-state index in [-0.39, 0.29) is 0 Å². The molecule has 0 saturated carbocycles. The largest absolute Gasteiger partial charge is 0.325 e. The van der Waals surface area contributed by atoms with Gasteiger partial charge in [0.15, 0.2) is 0 Å². The van der Waals surface area contributed by atoms with Crippen LogP contribution in [0.5, 0.6) is 0 Å². The Morgan fingerprint density at radius 3 is 3.25 bits per heavy atom. The first-order chi connectivity index (χ1) is 5.90. The predicted octanol–water partition coefficient (Wildman–Crippen LogP) is 0.186. The van der Waals surface area contributed by atoms with Gasteiger partial charge in [-0.25, -0.2) is 0 Å². The molecule has 1 aliphatic heterocycles. The van der Waals surface area contributed by atoms with Gasteiger partial charge in [0.1, 0.15) is 0 Å². The third-order valence-corrected chi connectivity index (χ3v) is 2.19. The van der Waals surface area contributed by atoms with E-state index in [1.807, 2.05) is 6.07 Å². The van der Waals surface area contributed by atoms with Crippen molar-refractivity contribution < 1.29 is 0 Å². The molecular weight excluding hydrogens is 150 g/mol. The topological polar surface area (TPSA) is 50.9 Å². The number of hydrogen-bond donors (Lipinski definition) is 2. The Hall–Kier alpha value is -0.930. The zero-order valence-electron chi connectivity index (χ0n) is 7.01. The quantitative estimate of drug-likeness (QED) is 0.621. The van der Waals surface area contributed by atoms with Gasteiger partial charge >= 0.3 is 0 Å². The Labute approximate surface area is 72.0 Å². The number of nitrogens with one attached hydrogen (secondary N) is 1. The third kappa shape index (κ3) is 1.33. The average molecular weight is 163 g/mol. The van der Waals surface area contributed by atoms with E-state index in [1.165, 1.54) is 11.3 Å². The minimum atomic E-state index is 0.542. The molecule has 0 atom stereocenters. The van der Waals surface area contributed by atoms with Crippen molar-refractivity contribution >= 4 is 0 Å². The Balaban J connectivity index is 2.36. The number of fused-ring (bicyclic) bond motifs is 1. The summed E-state index contributed by atoms with van der Waals surface area (Å²) in [6.45, 7) is 2.53. The van der Waals surface area contributed by atoms with E-state index in [2.05, 4.69) is 16.4 Å². The van der Waals surface area contributed by atoms with E-state index >= 15 is 0 Å². The maximum absolute atomic E-state index is 5.50. The highest BCUT2D eigenvalue weighted by atomic mass is 14.9. The first-order valence-corrected chi connectivity index (χ1v) is 4.28. The Morgan fingerprint density at radius 2 is 2.42 bits per heavy atom. The van der Waals surface area contributed by atoms with Gasteiger partial charge < -0.3 is 11.1 Å². The molecule has 0 saturated heterocycles. The highest BCUT2D eigenvalue weighted by Crippen LogP contribution is 2.11. The van der Waals surface area contributed by atoms with Crippen LogP contribution in [0, 0.1) is 0 Å². The van der Waals surface area contributed by atoms with Gasteiger partial charge in [0, 0.05) is 31.7 Å². The van der Waals surface area contributed by atoms with Crippen molar-refractivity contribution in [1.82, 2.24) is 10.3 Å². The minimum Gasteiger partial charge on any atom is -0.325 e. The summed E-state index contributed by atoms with van der Waals surface area (Å²) in [7, 11) is 0. The molecule has 0 fully saturated rings. The number of aromatic nitrogens is 1. The van der Waals surface area contributed by atoms with Crippen molar-refractivity contribution in [3.63, 3.8) is 0 Å². The Morgan fingerprint density at radius 1 is 1.50 bits per heavy atom. The molecule has 12 heavy (non-hydrogen) atoms. The molecule has 0 radical (unpaired) electrons. The third-order valence-electron chi connectivity index (χ3n) is 2.19. The fraction of sp³-hybridized carbons (Fsp3) is 0.444. The standard InChI is InChI=1S/C9H13N3/c10-5-8-2-1-7-6-11-4-3-9(7)12-8/h1-2,11H,3-6,10H2. The molecule has 0 bridgehead atoms. The SMILES string of the molecule is NCc1ccc2c(n1)CCNC2. The molecular formula is C9H13N3. The highest BCUT2D eigenvalue weighted by Gasteiger charge is 2.09. The van der Waals surface area contributed by atoms with Gasteiger partial charge in [-0.2, -0.15) is 0 Å². The van der Waals surface area contributed by atoms with Crippen LogP contribution in [0.15, 0.2) is 12.1 Å². The van der Waals surface area contributed by atoms with Crippen molar-refractivity contribution in [2.75, 3.05) is 6.54 Å². The number of hydrogen-bond acceptors (Lipinski definition) is 3. The molecule has 1 aromatic rings. The lowest BCUT2D eigenvalue weighted by molar-refractivity contribution is 0.627. The fourth-order valence-electron chi connectivity index (χ4n) is 1.50. The lowest BCUT2D eigenvalue weighted by Gasteiger charge is -2.16. The van der Waals surface area contributed by atoms with Gasteiger partial charge in [-0.3, -0.25) is 4.98 Å². The van der Waals surface area contributed by atoms with Crippen LogP contribution in [-0.4, -0.2) is 11.5 Å². The van der Waals surface area contributed by atoms with Crippen molar-refractivity contribution in [1.29, 1.82) is 0 Å².